The molecule has 0 atom stereocenters. The minimum atomic E-state index is -0.496. The van der Waals surface area contributed by atoms with E-state index in [2.05, 4.69) is 20.8 Å². The molecule has 3 rings (SSSR count). The molecular weight excluding hydrogens is 446 g/mol. The third kappa shape index (κ3) is 4.75. The number of rotatable bonds is 3. The molecule has 2 aromatic rings. The van der Waals surface area contributed by atoms with Crippen molar-refractivity contribution in [1.82, 2.24) is 9.88 Å². The third-order valence-corrected chi connectivity index (χ3v) is 5.82. The van der Waals surface area contributed by atoms with E-state index in [1.807, 2.05) is 26.8 Å². The molecule has 0 radical (unpaired) electrons. The van der Waals surface area contributed by atoms with Gasteiger partial charge in [0.15, 0.2) is 5.13 Å². The van der Waals surface area contributed by atoms with Crippen LogP contribution in [-0.4, -0.2) is 60.3 Å². The summed E-state index contributed by atoms with van der Waals surface area (Å²) in [4.78, 5) is 32.9. The molecule has 152 valence electrons. The van der Waals surface area contributed by atoms with Crippen LogP contribution in [-0.2, 0) is 9.47 Å². The smallest absolute Gasteiger partial charge is 0.410 e. The first-order valence-corrected chi connectivity index (χ1v) is 10.8. The second-order valence-electron chi connectivity index (χ2n) is 7.48. The normalized spacial score (nSPS) is 15.0. The topological polar surface area (TPSA) is 72.0 Å². The lowest BCUT2D eigenvalue weighted by Gasteiger charge is -2.35. The summed E-state index contributed by atoms with van der Waals surface area (Å²) in [6.07, 6.45) is -0.279. The molecule has 1 aromatic heterocycles. The molecule has 1 aromatic carbocycles. The molecule has 1 saturated heterocycles. The Morgan fingerprint density at radius 1 is 1.21 bits per heavy atom. The zero-order chi connectivity index (χ0) is 20.5. The maximum absolute atomic E-state index is 12.2. The quantitative estimate of drug-likeness (QED) is 0.624. The monoisotopic (exact) mass is 469 g/mol. The van der Waals surface area contributed by atoms with E-state index in [4.69, 9.17) is 14.5 Å². The van der Waals surface area contributed by atoms with Crippen molar-refractivity contribution in [3.05, 3.63) is 22.2 Å². The predicted molar refractivity (Wildman–Crippen MR) is 113 cm³/mol. The number of carbonyl (C=O) groups is 2. The number of thiazole rings is 1. The molecule has 7 nitrogen and oxygen atoms in total. The summed E-state index contributed by atoms with van der Waals surface area (Å²) in [7, 11) is 0. The van der Waals surface area contributed by atoms with Crippen LogP contribution in [0.15, 0.2) is 16.6 Å². The SMILES string of the molecule is CCOC(=O)c1cc(Br)c2nc(N3CCN(C(=O)OC(C)(C)C)CC3)sc2c1. The fraction of sp³-hybridized carbons (Fsp3) is 0.526. The minimum absolute atomic E-state index is 0.279. The molecule has 0 unspecified atom stereocenters. The lowest BCUT2D eigenvalue weighted by molar-refractivity contribution is 0.0240. The van der Waals surface area contributed by atoms with Crippen molar-refractivity contribution in [2.24, 2.45) is 0 Å². The van der Waals surface area contributed by atoms with Crippen molar-refractivity contribution >= 4 is 54.7 Å². The van der Waals surface area contributed by atoms with E-state index in [0.29, 0.717) is 38.3 Å². The Hall–Kier alpha value is -1.87. The molecule has 0 bridgehead atoms. The maximum Gasteiger partial charge on any atom is 0.410 e. The minimum Gasteiger partial charge on any atom is -0.462 e. The number of piperazine rings is 1. The Morgan fingerprint density at radius 3 is 2.50 bits per heavy atom. The standard InChI is InChI=1S/C19H24BrN3O4S/c1-5-26-16(24)12-10-13(20)15-14(11-12)28-17(21-15)22-6-8-23(9-7-22)18(25)27-19(2,3)4/h10-11H,5-9H2,1-4H3. The highest BCUT2D eigenvalue weighted by molar-refractivity contribution is 9.10. The largest absolute Gasteiger partial charge is 0.462 e. The van der Waals surface area contributed by atoms with Gasteiger partial charge in [-0.15, -0.1) is 0 Å². The summed E-state index contributed by atoms with van der Waals surface area (Å²) >= 11 is 5.04. The molecule has 1 fully saturated rings. The summed E-state index contributed by atoms with van der Waals surface area (Å²) in [5.41, 5.74) is 0.832. The van der Waals surface area contributed by atoms with Gasteiger partial charge in [-0.25, -0.2) is 14.6 Å². The average molecular weight is 470 g/mol. The van der Waals surface area contributed by atoms with Gasteiger partial charge in [0.2, 0.25) is 0 Å². The Balaban J connectivity index is 1.72. The van der Waals surface area contributed by atoms with E-state index < -0.39 is 5.60 Å². The Morgan fingerprint density at radius 2 is 1.89 bits per heavy atom. The molecule has 0 N–H and O–H groups in total. The summed E-state index contributed by atoms with van der Waals surface area (Å²) in [6, 6.07) is 3.56. The van der Waals surface area contributed by atoms with Gasteiger partial charge in [0.05, 0.1) is 22.4 Å². The van der Waals surface area contributed by atoms with Crippen LogP contribution in [0.5, 0.6) is 0 Å². The van der Waals surface area contributed by atoms with E-state index in [-0.39, 0.29) is 12.1 Å². The second kappa shape index (κ2) is 8.24. The highest BCUT2D eigenvalue weighted by Gasteiger charge is 2.27. The van der Waals surface area contributed by atoms with E-state index in [9.17, 15) is 9.59 Å². The van der Waals surface area contributed by atoms with Crippen molar-refractivity contribution in [1.29, 1.82) is 0 Å². The number of hydrogen-bond donors (Lipinski definition) is 0. The predicted octanol–water partition coefficient (Wildman–Crippen LogP) is 4.29. The van der Waals surface area contributed by atoms with Crippen molar-refractivity contribution in [2.45, 2.75) is 33.3 Å². The van der Waals surface area contributed by atoms with Crippen molar-refractivity contribution < 1.29 is 19.1 Å². The molecular formula is C19H24BrN3O4S. The van der Waals surface area contributed by atoms with Gasteiger partial charge in [-0.2, -0.15) is 0 Å². The summed E-state index contributed by atoms with van der Waals surface area (Å²) in [5.74, 6) is -0.342. The lowest BCUT2D eigenvalue weighted by atomic mass is 10.2. The second-order valence-corrected chi connectivity index (χ2v) is 9.34. The van der Waals surface area contributed by atoms with Gasteiger partial charge < -0.3 is 19.3 Å². The Labute approximate surface area is 176 Å². The highest BCUT2D eigenvalue weighted by Crippen LogP contribution is 2.35. The molecule has 1 amide bonds. The first-order valence-electron chi connectivity index (χ1n) is 9.18. The summed E-state index contributed by atoms with van der Waals surface area (Å²) < 4.78 is 12.2. The molecule has 2 heterocycles. The first-order chi connectivity index (χ1) is 13.2. The van der Waals surface area contributed by atoms with Crippen LogP contribution in [0, 0.1) is 0 Å². The van der Waals surface area contributed by atoms with Crippen molar-refractivity contribution in [2.75, 3.05) is 37.7 Å². The van der Waals surface area contributed by atoms with Crippen molar-refractivity contribution in [3.8, 4) is 0 Å². The maximum atomic E-state index is 12.2. The molecule has 28 heavy (non-hydrogen) atoms. The van der Waals surface area contributed by atoms with Crippen LogP contribution in [0.2, 0.25) is 0 Å². The highest BCUT2D eigenvalue weighted by atomic mass is 79.9. The van der Waals surface area contributed by atoms with Crippen LogP contribution >= 0.6 is 27.3 Å². The van der Waals surface area contributed by atoms with Gasteiger partial charge in [-0.3, -0.25) is 0 Å². The molecule has 9 heteroatoms. The number of benzene rings is 1. The average Bonchev–Trinajstić information content (AvgIpc) is 3.05. The van der Waals surface area contributed by atoms with Gasteiger partial charge in [-0.05, 0) is 55.8 Å². The van der Waals surface area contributed by atoms with Crippen LogP contribution in [0.1, 0.15) is 38.1 Å². The number of fused-ring (bicyclic) bond motifs is 1. The van der Waals surface area contributed by atoms with Crippen LogP contribution < -0.4 is 4.90 Å². The van der Waals surface area contributed by atoms with E-state index in [0.717, 1.165) is 19.8 Å². The number of aromatic nitrogens is 1. The number of anilines is 1. The van der Waals surface area contributed by atoms with Crippen LogP contribution in [0.25, 0.3) is 10.2 Å². The van der Waals surface area contributed by atoms with Crippen LogP contribution in [0.3, 0.4) is 0 Å². The van der Waals surface area contributed by atoms with Crippen LogP contribution in [0.4, 0.5) is 9.93 Å². The first kappa shape index (κ1) is 20.9. The fourth-order valence-corrected chi connectivity index (χ4v) is 4.61. The lowest BCUT2D eigenvalue weighted by Crippen LogP contribution is -2.50. The molecule has 1 aliphatic rings. The number of amides is 1. The zero-order valence-electron chi connectivity index (χ0n) is 16.5. The van der Waals surface area contributed by atoms with Crippen molar-refractivity contribution in [3.63, 3.8) is 0 Å². The summed E-state index contributed by atoms with van der Waals surface area (Å²) in [5, 5.41) is 0.876. The number of nitrogens with zero attached hydrogens (tertiary/aromatic N) is 3. The number of esters is 1. The zero-order valence-corrected chi connectivity index (χ0v) is 18.9. The van der Waals surface area contributed by atoms with Gasteiger partial charge in [0.1, 0.15) is 5.60 Å². The van der Waals surface area contributed by atoms with Gasteiger partial charge in [0.25, 0.3) is 0 Å². The number of carbonyl (C=O) groups excluding carboxylic acids is 2. The van der Waals surface area contributed by atoms with E-state index in [1.165, 1.54) is 11.3 Å². The molecule has 0 aliphatic carbocycles. The number of halogens is 1. The number of ether oxygens (including phenoxy) is 2. The molecule has 0 spiro atoms. The number of hydrogen-bond acceptors (Lipinski definition) is 7. The van der Waals surface area contributed by atoms with Gasteiger partial charge >= 0.3 is 12.1 Å². The van der Waals surface area contributed by atoms with Gasteiger partial charge in [-0.1, -0.05) is 11.3 Å². The molecule has 1 aliphatic heterocycles. The van der Waals surface area contributed by atoms with Gasteiger partial charge in [0, 0.05) is 30.7 Å². The Kier molecular flexibility index (Phi) is 6.14. The summed E-state index contributed by atoms with van der Waals surface area (Å²) in [6.45, 7) is 10.3. The Bertz CT molecular complexity index is 885. The molecule has 0 saturated carbocycles. The third-order valence-electron chi connectivity index (χ3n) is 4.15. The fourth-order valence-electron chi connectivity index (χ4n) is 2.85. The van der Waals surface area contributed by atoms with E-state index >= 15 is 0 Å². The van der Waals surface area contributed by atoms with E-state index in [1.54, 1.807) is 17.9 Å².